The van der Waals surface area contributed by atoms with Gasteiger partial charge >= 0.3 is 0 Å². The standard InChI is InChI=1S/C20H23N3O4/c1-12(2)11-23-19(24)15(9-21)13(3)16(20(23)25)10-22-14-6-7-17(26-4)18(8-14)27-5/h6-8,10,12,25H,11H2,1-5H3. The summed E-state index contributed by atoms with van der Waals surface area (Å²) < 4.78 is 11.7. The van der Waals surface area contributed by atoms with Crippen molar-refractivity contribution in [2.45, 2.75) is 27.3 Å². The van der Waals surface area contributed by atoms with Crippen LogP contribution >= 0.6 is 0 Å². The van der Waals surface area contributed by atoms with E-state index in [1.54, 1.807) is 32.2 Å². The Morgan fingerprint density at radius 1 is 1.30 bits per heavy atom. The highest BCUT2D eigenvalue weighted by Crippen LogP contribution is 2.31. The van der Waals surface area contributed by atoms with Gasteiger partial charge in [0.2, 0.25) is 5.88 Å². The molecule has 1 aromatic carbocycles. The zero-order chi connectivity index (χ0) is 20.1. The Kier molecular flexibility index (Phi) is 6.24. The van der Waals surface area contributed by atoms with Gasteiger partial charge in [0.05, 0.1) is 25.5 Å². The number of hydrogen-bond donors (Lipinski definition) is 1. The topological polar surface area (TPSA) is 96.8 Å². The van der Waals surface area contributed by atoms with E-state index in [0.29, 0.717) is 34.9 Å². The van der Waals surface area contributed by atoms with Gasteiger partial charge in [0.15, 0.2) is 11.5 Å². The van der Waals surface area contributed by atoms with Crippen molar-refractivity contribution in [3.63, 3.8) is 0 Å². The van der Waals surface area contributed by atoms with Crippen LogP contribution < -0.4 is 15.0 Å². The van der Waals surface area contributed by atoms with Gasteiger partial charge < -0.3 is 14.6 Å². The molecule has 0 spiro atoms. The third-order valence-electron chi connectivity index (χ3n) is 4.10. The summed E-state index contributed by atoms with van der Waals surface area (Å²) in [5, 5.41) is 20.0. The zero-order valence-corrected chi connectivity index (χ0v) is 16.1. The van der Waals surface area contributed by atoms with Crippen molar-refractivity contribution in [1.82, 2.24) is 4.57 Å². The molecule has 7 heteroatoms. The number of rotatable bonds is 6. The molecule has 0 bridgehead atoms. The molecule has 142 valence electrons. The number of nitriles is 1. The number of pyridine rings is 1. The minimum Gasteiger partial charge on any atom is -0.494 e. The highest BCUT2D eigenvalue weighted by atomic mass is 16.5. The second kappa shape index (κ2) is 8.41. The van der Waals surface area contributed by atoms with E-state index in [0.717, 1.165) is 0 Å². The van der Waals surface area contributed by atoms with Gasteiger partial charge in [-0.1, -0.05) is 13.8 Å². The molecule has 0 atom stereocenters. The average Bonchev–Trinajstić information content (AvgIpc) is 2.65. The van der Waals surface area contributed by atoms with Gasteiger partial charge in [0, 0.05) is 18.8 Å². The predicted octanol–water partition coefficient (Wildman–Crippen LogP) is 3.16. The molecule has 0 aliphatic carbocycles. The van der Waals surface area contributed by atoms with Gasteiger partial charge in [-0.15, -0.1) is 0 Å². The molecule has 0 unspecified atom stereocenters. The molecule has 0 saturated carbocycles. The number of hydrogen-bond acceptors (Lipinski definition) is 6. The molecule has 0 aliphatic heterocycles. The number of nitrogens with zero attached hydrogens (tertiary/aromatic N) is 3. The monoisotopic (exact) mass is 369 g/mol. The lowest BCUT2D eigenvalue weighted by Crippen LogP contribution is -2.27. The van der Waals surface area contributed by atoms with Crippen molar-refractivity contribution in [2.24, 2.45) is 10.9 Å². The Hall–Kier alpha value is -3.27. The van der Waals surface area contributed by atoms with E-state index >= 15 is 0 Å². The SMILES string of the molecule is COc1ccc(N=Cc2c(C)c(C#N)c(=O)n(CC(C)C)c2O)cc1OC. The van der Waals surface area contributed by atoms with Crippen LogP contribution in [0.4, 0.5) is 5.69 Å². The number of aromatic hydroxyl groups is 1. The molecule has 1 aromatic heterocycles. The predicted molar refractivity (Wildman–Crippen MR) is 103 cm³/mol. The largest absolute Gasteiger partial charge is 0.494 e. The van der Waals surface area contributed by atoms with Gasteiger partial charge in [0.25, 0.3) is 5.56 Å². The molecular weight excluding hydrogens is 346 g/mol. The third-order valence-corrected chi connectivity index (χ3v) is 4.10. The summed E-state index contributed by atoms with van der Waals surface area (Å²) in [7, 11) is 3.08. The lowest BCUT2D eigenvalue weighted by atomic mass is 10.1. The summed E-state index contributed by atoms with van der Waals surface area (Å²) in [5.41, 5.74) is 0.809. The van der Waals surface area contributed by atoms with Crippen molar-refractivity contribution >= 4 is 11.9 Å². The second-order valence-corrected chi connectivity index (χ2v) is 6.46. The maximum absolute atomic E-state index is 12.5. The summed E-state index contributed by atoms with van der Waals surface area (Å²) in [6.45, 7) is 5.77. The van der Waals surface area contributed by atoms with Crippen LogP contribution in [-0.4, -0.2) is 30.1 Å². The van der Waals surface area contributed by atoms with Crippen LogP contribution in [0.1, 0.15) is 30.5 Å². The number of methoxy groups -OCH3 is 2. The molecule has 7 nitrogen and oxygen atoms in total. The number of benzene rings is 1. The number of aliphatic imine (C=N–C) groups is 1. The summed E-state index contributed by atoms with van der Waals surface area (Å²) >= 11 is 0. The fraction of sp³-hybridized carbons (Fsp3) is 0.350. The van der Waals surface area contributed by atoms with E-state index in [4.69, 9.17) is 9.47 Å². The quantitative estimate of drug-likeness (QED) is 0.789. The summed E-state index contributed by atoms with van der Waals surface area (Å²) in [6.07, 6.45) is 1.45. The van der Waals surface area contributed by atoms with Gasteiger partial charge in [-0.25, -0.2) is 0 Å². The van der Waals surface area contributed by atoms with Gasteiger partial charge in [-0.2, -0.15) is 5.26 Å². The van der Waals surface area contributed by atoms with Crippen molar-refractivity contribution in [2.75, 3.05) is 14.2 Å². The second-order valence-electron chi connectivity index (χ2n) is 6.46. The van der Waals surface area contributed by atoms with E-state index in [-0.39, 0.29) is 17.4 Å². The van der Waals surface area contributed by atoms with E-state index in [9.17, 15) is 15.2 Å². The molecule has 0 amide bonds. The smallest absolute Gasteiger partial charge is 0.271 e. The Labute approximate surface area is 158 Å². The van der Waals surface area contributed by atoms with E-state index in [1.165, 1.54) is 17.9 Å². The van der Waals surface area contributed by atoms with Crippen LogP contribution in [0.25, 0.3) is 0 Å². The van der Waals surface area contributed by atoms with E-state index in [1.807, 2.05) is 19.9 Å². The third kappa shape index (κ3) is 4.11. The fourth-order valence-electron chi connectivity index (χ4n) is 2.70. The van der Waals surface area contributed by atoms with Crippen molar-refractivity contribution in [1.29, 1.82) is 5.26 Å². The molecule has 2 aromatic rings. The number of aromatic nitrogens is 1. The number of ether oxygens (including phenoxy) is 2. The van der Waals surface area contributed by atoms with Crippen LogP contribution in [0.5, 0.6) is 17.4 Å². The minimum absolute atomic E-state index is 0.00205. The first kappa shape index (κ1) is 20.0. The van der Waals surface area contributed by atoms with Crippen molar-refractivity contribution in [3.05, 3.63) is 45.2 Å². The highest BCUT2D eigenvalue weighted by Gasteiger charge is 2.18. The summed E-state index contributed by atoms with van der Waals surface area (Å²) in [6, 6.07) is 7.08. The molecule has 1 N–H and O–H groups in total. The van der Waals surface area contributed by atoms with Crippen LogP contribution in [-0.2, 0) is 6.54 Å². The highest BCUT2D eigenvalue weighted by molar-refractivity contribution is 5.87. The van der Waals surface area contributed by atoms with Crippen LogP contribution in [0, 0.1) is 24.2 Å². The van der Waals surface area contributed by atoms with Crippen molar-refractivity contribution < 1.29 is 14.6 Å². The van der Waals surface area contributed by atoms with Crippen LogP contribution in [0.2, 0.25) is 0 Å². The first-order valence-corrected chi connectivity index (χ1v) is 8.46. The lowest BCUT2D eigenvalue weighted by Gasteiger charge is -2.15. The molecule has 1 heterocycles. The normalized spacial score (nSPS) is 11.0. The Morgan fingerprint density at radius 2 is 1.96 bits per heavy atom. The van der Waals surface area contributed by atoms with E-state index < -0.39 is 5.56 Å². The lowest BCUT2D eigenvalue weighted by molar-refractivity contribution is 0.355. The maximum Gasteiger partial charge on any atom is 0.271 e. The fourth-order valence-corrected chi connectivity index (χ4v) is 2.70. The Bertz CT molecular complexity index is 969. The molecule has 0 radical (unpaired) electrons. The first-order chi connectivity index (χ1) is 12.8. The maximum atomic E-state index is 12.5. The average molecular weight is 369 g/mol. The Morgan fingerprint density at radius 3 is 2.52 bits per heavy atom. The minimum atomic E-state index is -0.496. The van der Waals surface area contributed by atoms with Gasteiger partial charge in [-0.3, -0.25) is 14.4 Å². The first-order valence-electron chi connectivity index (χ1n) is 8.46. The molecule has 27 heavy (non-hydrogen) atoms. The van der Waals surface area contributed by atoms with Crippen LogP contribution in [0.15, 0.2) is 28.0 Å². The summed E-state index contributed by atoms with van der Waals surface area (Å²) in [4.78, 5) is 16.8. The molecule has 0 fully saturated rings. The van der Waals surface area contributed by atoms with Gasteiger partial charge in [-0.05, 0) is 30.5 Å². The molecule has 0 saturated heterocycles. The molecule has 2 rings (SSSR count). The Balaban J connectivity index is 2.57. The van der Waals surface area contributed by atoms with Crippen LogP contribution in [0.3, 0.4) is 0 Å². The van der Waals surface area contributed by atoms with Gasteiger partial charge in [0.1, 0.15) is 11.6 Å². The molecule has 0 aliphatic rings. The summed E-state index contributed by atoms with van der Waals surface area (Å²) in [5.74, 6) is 1.02. The van der Waals surface area contributed by atoms with Crippen molar-refractivity contribution in [3.8, 4) is 23.4 Å². The zero-order valence-electron chi connectivity index (χ0n) is 16.1. The van der Waals surface area contributed by atoms with E-state index in [2.05, 4.69) is 4.99 Å². The molecular formula is C20H23N3O4.